The van der Waals surface area contributed by atoms with Crippen molar-refractivity contribution in [2.75, 3.05) is 19.6 Å². The molecule has 0 spiro atoms. The number of nitrogens with one attached hydrogen (secondary N) is 2. The standard InChI is InChI=1S/C20H31N3O4/c1-4-17(27-18-9-7-6-8-14(18)3)12-21-20(26)22-15-10-16(11-15)23(5-2)13-19(24)25/h6-9,15-17H,4-5,10-13H2,1-3H3,(H,24,25)(H2,21,22,26). The monoisotopic (exact) mass is 377 g/mol. The summed E-state index contributed by atoms with van der Waals surface area (Å²) in [5.41, 5.74) is 1.07. The zero-order chi connectivity index (χ0) is 19.8. The number of urea groups is 1. The Hall–Kier alpha value is -2.28. The number of aliphatic carboxylic acids is 1. The van der Waals surface area contributed by atoms with Crippen LogP contribution in [0.3, 0.4) is 0 Å². The van der Waals surface area contributed by atoms with Crippen LogP contribution in [0.15, 0.2) is 24.3 Å². The highest BCUT2D eigenvalue weighted by atomic mass is 16.5. The maximum atomic E-state index is 12.1. The largest absolute Gasteiger partial charge is 0.488 e. The summed E-state index contributed by atoms with van der Waals surface area (Å²) in [6.45, 7) is 7.17. The zero-order valence-electron chi connectivity index (χ0n) is 16.4. The van der Waals surface area contributed by atoms with Crippen molar-refractivity contribution in [2.24, 2.45) is 0 Å². The van der Waals surface area contributed by atoms with E-state index < -0.39 is 5.97 Å². The van der Waals surface area contributed by atoms with Gasteiger partial charge in [-0.2, -0.15) is 0 Å². The van der Waals surface area contributed by atoms with Crippen LogP contribution in [0.2, 0.25) is 0 Å². The smallest absolute Gasteiger partial charge is 0.317 e. The van der Waals surface area contributed by atoms with Gasteiger partial charge >= 0.3 is 12.0 Å². The predicted octanol–water partition coefficient (Wildman–Crippen LogP) is 2.39. The number of carboxylic acid groups (broad SMARTS) is 1. The molecule has 0 saturated heterocycles. The Morgan fingerprint density at radius 1 is 1.30 bits per heavy atom. The number of carbonyl (C=O) groups excluding carboxylic acids is 1. The summed E-state index contributed by atoms with van der Waals surface area (Å²) < 4.78 is 5.99. The molecule has 1 atom stereocenters. The summed E-state index contributed by atoms with van der Waals surface area (Å²) in [4.78, 5) is 24.9. The second-order valence-electron chi connectivity index (χ2n) is 7.05. The molecule has 1 fully saturated rings. The molecule has 150 valence electrons. The van der Waals surface area contributed by atoms with Crippen LogP contribution in [0.25, 0.3) is 0 Å². The first-order valence-corrected chi connectivity index (χ1v) is 9.65. The summed E-state index contributed by atoms with van der Waals surface area (Å²) in [5.74, 6) is 0.0248. The van der Waals surface area contributed by atoms with Crippen molar-refractivity contribution in [2.45, 2.75) is 58.2 Å². The number of carbonyl (C=O) groups is 2. The Bertz CT molecular complexity index is 631. The van der Waals surface area contributed by atoms with Gasteiger partial charge in [-0.25, -0.2) is 4.79 Å². The van der Waals surface area contributed by atoms with Gasteiger partial charge in [-0.3, -0.25) is 9.69 Å². The number of likely N-dealkylation sites (N-methyl/N-ethyl adjacent to an activating group) is 1. The topological polar surface area (TPSA) is 90.9 Å². The molecule has 1 aliphatic carbocycles. The quantitative estimate of drug-likeness (QED) is 0.582. The van der Waals surface area contributed by atoms with Gasteiger partial charge in [0, 0.05) is 12.1 Å². The molecule has 2 rings (SSSR count). The van der Waals surface area contributed by atoms with Gasteiger partial charge in [-0.1, -0.05) is 32.0 Å². The van der Waals surface area contributed by atoms with Crippen molar-refractivity contribution >= 4 is 12.0 Å². The summed E-state index contributed by atoms with van der Waals surface area (Å²) in [7, 11) is 0. The number of benzene rings is 1. The van der Waals surface area contributed by atoms with Crippen LogP contribution in [0, 0.1) is 6.92 Å². The number of carboxylic acids is 1. The minimum atomic E-state index is -0.815. The molecule has 0 aliphatic heterocycles. The van der Waals surface area contributed by atoms with Gasteiger partial charge < -0.3 is 20.5 Å². The molecule has 1 aromatic carbocycles. The first kappa shape index (κ1) is 21.0. The summed E-state index contributed by atoms with van der Waals surface area (Å²) in [6, 6.07) is 7.96. The lowest BCUT2D eigenvalue weighted by molar-refractivity contribution is -0.139. The zero-order valence-corrected chi connectivity index (χ0v) is 16.4. The van der Waals surface area contributed by atoms with Gasteiger partial charge in [0.25, 0.3) is 0 Å². The van der Waals surface area contributed by atoms with Crippen molar-refractivity contribution in [3.63, 3.8) is 0 Å². The Morgan fingerprint density at radius 2 is 2.00 bits per heavy atom. The minimum Gasteiger partial charge on any atom is -0.488 e. The molecular weight excluding hydrogens is 346 g/mol. The summed E-state index contributed by atoms with van der Waals surface area (Å²) in [5, 5.41) is 14.8. The Balaban J connectivity index is 1.70. The summed E-state index contributed by atoms with van der Waals surface area (Å²) >= 11 is 0. The molecule has 0 radical (unpaired) electrons. The van der Waals surface area contributed by atoms with E-state index in [0.717, 1.165) is 30.6 Å². The number of rotatable bonds is 10. The highest BCUT2D eigenvalue weighted by Crippen LogP contribution is 2.25. The lowest BCUT2D eigenvalue weighted by Crippen LogP contribution is -2.56. The third-order valence-electron chi connectivity index (χ3n) is 5.04. The van der Waals surface area contributed by atoms with Crippen LogP contribution in [0.5, 0.6) is 5.75 Å². The maximum Gasteiger partial charge on any atom is 0.317 e. The highest BCUT2D eigenvalue weighted by Gasteiger charge is 2.34. The normalized spacial score (nSPS) is 19.9. The fraction of sp³-hybridized carbons (Fsp3) is 0.600. The molecule has 2 amide bonds. The number of hydrogen-bond acceptors (Lipinski definition) is 4. The van der Waals surface area contributed by atoms with E-state index in [1.165, 1.54) is 0 Å². The second kappa shape index (κ2) is 10.2. The van der Waals surface area contributed by atoms with Crippen LogP contribution in [-0.2, 0) is 4.79 Å². The summed E-state index contributed by atoms with van der Waals surface area (Å²) in [6.07, 6.45) is 2.27. The van der Waals surface area contributed by atoms with Crippen molar-refractivity contribution < 1.29 is 19.4 Å². The number of para-hydroxylation sites is 1. The van der Waals surface area contributed by atoms with Crippen LogP contribution in [0.1, 0.15) is 38.7 Å². The predicted molar refractivity (Wildman–Crippen MR) is 104 cm³/mol. The molecule has 0 bridgehead atoms. The fourth-order valence-corrected chi connectivity index (χ4v) is 3.26. The minimum absolute atomic E-state index is 0.0501. The first-order valence-electron chi connectivity index (χ1n) is 9.65. The molecule has 7 nitrogen and oxygen atoms in total. The van der Waals surface area contributed by atoms with Gasteiger partial charge in [0.05, 0.1) is 13.1 Å². The molecule has 7 heteroatoms. The number of amides is 2. The number of hydrogen-bond donors (Lipinski definition) is 3. The third kappa shape index (κ3) is 6.43. The van der Waals surface area contributed by atoms with Gasteiger partial charge in [0.2, 0.25) is 0 Å². The third-order valence-corrected chi connectivity index (χ3v) is 5.04. The van der Waals surface area contributed by atoms with Crippen LogP contribution >= 0.6 is 0 Å². The molecular formula is C20H31N3O4. The van der Waals surface area contributed by atoms with Crippen molar-refractivity contribution in [3.8, 4) is 5.75 Å². The maximum absolute atomic E-state index is 12.1. The highest BCUT2D eigenvalue weighted by molar-refractivity contribution is 5.74. The SMILES string of the molecule is CCC(CNC(=O)NC1CC(N(CC)CC(=O)O)C1)Oc1ccccc1C. The van der Waals surface area contributed by atoms with Crippen LogP contribution in [-0.4, -0.2) is 59.8 Å². The molecule has 3 N–H and O–H groups in total. The van der Waals surface area contributed by atoms with E-state index in [-0.39, 0.29) is 30.8 Å². The van der Waals surface area contributed by atoms with E-state index in [0.29, 0.717) is 13.1 Å². The molecule has 1 saturated carbocycles. The second-order valence-corrected chi connectivity index (χ2v) is 7.05. The van der Waals surface area contributed by atoms with Gasteiger partial charge in [0.1, 0.15) is 11.9 Å². The van der Waals surface area contributed by atoms with Crippen molar-refractivity contribution in [1.82, 2.24) is 15.5 Å². The fourth-order valence-electron chi connectivity index (χ4n) is 3.26. The molecule has 27 heavy (non-hydrogen) atoms. The molecule has 0 aromatic heterocycles. The number of ether oxygens (including phenoxy) is 1. The van der Waals surface area contributed by atoms with Crippen molar-refractivity contribution in [3.05, 3.63) is 29.8 Å². The van der Waals surface area contributed by atoms with Crippen LogP contribution < -0.4 is 15.4 Å². The Morgan fingerprint density at radius 3 is 2.59 bits per heavy atom. The first-order chi connectivity index (χ1) is 12.9. The average Bonchev–Trinajstić information content (AvgIpc) is 2.61. The van der Waals surface area contributed by atoms with E-state index >= 15 is 0 Å². The van der Waals surface area contributed by atoms with Crippen LogP contribution in [0.4, 0.5) is 4.79 Å². The number of nitrogens with zero attached hydrogens (tertiary/aromatic N) is 1. The lowest BCUT2D eigenvalue weighted by Gasteiger charge is -2.42. The van der Waals surface area contributed by atoms with E-state index in [4.69, 9.17) is 9.84 Å². The molecule has 1 aromatic rings. The van der Waals surface area contributed by atoms with Gasteiger partial charge in [0.15, 0.2) is 0 Å². The van der Waals surface area contributed by atoms with Gasteiger partial charge in [-0.05, 0) is 44.4 Å². The van der Waals surface area contributed by atoms with E-state index in [1.807, 2.05) is 49.9 Å². The van der Waals surface area contributed by atoms with Crippen molar-refractivity contribution in [1.29, 1.82) is 0 Å². The Kier molecular flexibility index (Phi) is 7.91. The molecule has 0 heterocycles. The lowest BCUT2D eigenvalue weighted by atomic mass is 9.85. The average molecular weight is 377 g/mol. The molecule has 1 aliphatic rings. The Labute approximate surface area is 161 Å². The number of aryl methyl sites for hydroxylation is 1. The van der Waals surface area contributed by atoms with Gasteiger partial charge in [-0.15, -0.1) is 0 Å². The molecule has 1 unspecified atom stereocenters. The van der Waals surface area contributed by atoms with E-state index in [1.54, 1.807) is 0 Å². The van der Waals surface area contributed by atoms with E-state index in [2.05, 4.69) is 10.6 Å². The van der Waals surface area contributed by atoms with E-state index in [9.17, 15) is 9.59 Å².